The lowest BCUT2D eigenvalue weighted by Gasteiger charge is -2.29. The third-order valence-electron chi connectivity index (χ3n) is 3.46. The molecule has 19 heavy (non-hydrogen) atoms. The summed E-state index contributed by atoms with van der Waals surface area (Å²) in [5, 5.41) is 9.84. The van der Waals surface area contributed by atoms with Gasteiger partial charge in [0.05, 0.1) is 18.8 Å². The fourth-order valence-electron chi connectivity index (χ4n) is 2.03. The predicted molar refractivity (Wildman–Crippen MR) is 78.3 cm³/mol. The van der Waals surface area contributed by atoms with E-state index >= 15 is 0 Å². The lowest BCUT2D eigenvalue weighted by atomic mass is 9.99. The maximum Gasteiger partial charge on any atom is 0.0741 e. The summed E-state index contributed by atoms with van der Waals surface area (Å²) in [5.74, 6) is 0. The summed E-state index contributed by atoms with van der Waals surface area (Å²) in [6.45, 7) is 7.64. The van der Waals surface area contributed by atoms with E-state index in [1.165, 1.54) is 0 Å². The van der Waals surface area contributed by atoms with Crippen molar-refractivity contribution in [1.29, 1.82) is 0 Å². The molecule has 2 unspecified atom stereocenters. The first-order chi connectivity index (χ1) is 8.96. The van der Waals surface area contributed by atoms with Crippen LogP contribution < -0.4 is 5.73 Å². The minimum absolute atomic E-state index is 0.320. The highest BCUT2D eigenvalue weighted by molar-refractivity contribution is 4.74. The summed E-state index contributed by atoms with van der Waals surface area (Å²) < 4.78 is 10.3. The van der Waals surface area contributed by atoms with Crippen molar-refractivity contribution in [3.05, 3.63) is 0 Å². The minimum atomic E-state index is -0.727. The van der Waals surface area contributed by atoms with Crippen molar-refractivity contribution in [2.75, 3.05) is 47.1 Å². The molecule has 116 valence electrons. The number of methoxy groups -OCH3 is 2. The van der Waals surface area contributed by atoms with E-state index in [4.69, 9.17) is 15.2 Å². The normalized spacial score (nSPS) is 16.6. The van der Waals surface area contributed by atoms with E-state index in [0.29, 0.717) is 12.6 Å². The molecule has 3 N–H and O–H groups in total. The number of hydrogen-bond donors (Lipinski definition) is 2. The van der Waals surface area contributed by atoms with Gasteiger partial charge in [-0.3, -0.25) is 4.90 Å². The quantitative estimate of drug-likeness (QED) is 0.517. The van der Waals surface area contributed by atoms with Crippen LogP contribution in [-0.4, -0.2) is 68.7 Å². The molecule has 0 saturated heterocycles. The summed E-state index contributed by atoms with van der Waals surface area (Å²) in [4.78, 5) is 2.37. The molecule has 0 aliphatic heterocycles. The Labute approximate surface area is 118 Å². The van der Waals surface area contributed by atoms with E-state index in [0.717, 1.165) is 45.6 Å². The molecule has 0 aromatic carbocycles. The first-order valence-corrected chi connectivity index (χ1v) is 7.11. The van der Waals surface area contributed by atoms with Crippen LogP contribution in [0.5, 0.6) is 0 Å². The average molecular weight is 276 g/mol. The number of aliphatic hydroxyl groups is 1. The first-order valence-electron chi connectivity index (χ1n) is 7.11. The van der Waals surface area contributed by atoms with E-state index in [9.17, 15) is 5.11 Å². The van der Waals surface area contributed by atoms with E-state index in [2.05, 4.69) is 11.8 Å². The van der Waals surface area contributed by atoms with Crippen molar-refractivity contribution in [1.82, 2.24) is 4.90 Å². The lowest BCUT2D eigenvalue weighted by Crippen LogP contribution is -2.39. The van der Waals surface area contributed by atoms with Gasteiger partial charge in [0, 0.05) is 33.4 Å². The van der Waals surface area contributed by atoms with Crippen molar-refractivity contribution in [2.24, 2.45) is 5.73 Å². The van der Waals surface area contributed by atoms with E-state index < -0.39 is 5.60 Å². The zero-order valence-corrected chi connectivity index (χ0v) is 13.0. The van der Waals surface area contributed by atoms with E-state index in [1.807, 2.05) is 0 Å². The van der Waals surface area contributed by atoms with Crippen LogP contribution in [0.3, 0.4) is 0 Å². The van der Waals surface area contributed by atoms with Crippen LogP contribution in [0, 0.1) is 0 Å². The Kier molecular flexibility index (Phi) is 10.5. The molecule has 0 amide bonds. The van der Waals surface area contributed by atoms with Crippen molar-refractivity contribution < 1.29 is 14.6 Å². The van der Waals surface area contributed by atoms with Gasteiger partial charge in [-0.1, -0.05) is 0 Å². The van der Waals surface area contributed by atoms with Gasteiger partial charge in [-0.25, -0.2) is 0 Å². The number of nitrogens with zero attached hydrogens (tertiary/aromatic N) is 1. The van der Waals surface area contributed by atoms with Crippen molar-refractivity contribution in [2.45, 2.75) is 44.8 Å². The van der Waals surface area contributed by atoms with Crippen LogP contribution in [0.1, 0.15) is 33.1 Å². The van der Waals surface area contributed by atoms with Gasteiger partial charge >= 0.3 is 0 Å². The third kappa shape index (κ3) is 9.35. The fraction of sp³-hybridized carbons (Fsp3) is 1.00. The second-order valence-corrected chi connectivity index (χ2v) is 5.49. The van der Waals surface area contributed by atoms with Crippen LogP contribution in [-0.2, 0) is 9.47 Å². The average Bonchev–Trinajstić information content (AvgIpc) is 2.38. The zero-order valence-electron chi connectivity index (χ0n) is 13.0. The topological polar surface area (TPSA) is 68.0 Å². The Bertz CT molecular complexity index is 213. The number of unbranched alkanes of at least 4 members (excludes halogenated alkanes) is 1. The molecular formula is C14H32N2O3. The highest BCUT2D eigenvalue weighted by Crippen LogP contribution is 2.12. The number of rotatable bonds is 12. The molecule has 0 aliphatic carbocycles. The van der Waals surface area contributed by atoms with Crippen LogP contribution in [0.15, 0.2) is 0 Å². The number of hydrogen-bond acceptors (Lipinski definition) is 5. The van der Waals surface area contributed by atoms with Gasteiger partial charge in [0.15, 0.2) is 0 Å². The third-order valence-corrected chi connectivity index (χ3v) is 3.46. The highest BCUT2D eigenvalue weighted by atomic mass is 16.5. The van der Waals surface area contributed by atoms with Crippen LogP contribution in [0.25, 0.3) is 0 Å². The van der Waals surface area contributed by atoms with Crippen molar-refractivity contribution in [3.63, 3.8) is 0 Å². The van der Waals surface area contributed by atoms with E-state index in [1.54, 1.807) is 21.1 Å². The lowest BCUT2D eigenvalue weighted by molar-refractivity contribution is 0.0516. The summed E-state index contributed by atoms with van der Waals surface area (Å²) in [5.41, 5.74) is 4.78. The zero-order chi connectivity index (χ0) is 14.7. The molecule has 0 fully saturated rings. The number of nitrogens with two attached hydrogens (primary N) is 1. The molecule has 5 heteroatoms. The molecular weight excluding hydrogens is 244 g/mol. The maximum atomic E-state index is 9.84. The van der Waals surface area contributed by atoms with Gasteiger partial charge in [0.25, 0.3) is 0 Å². The number of ether oxygens (including phenoxy) is 2. The Hall–Kier alpha value is -0.200. The van der Waals surface area contributed by atoms with Crippen LogP contribution >= 0.6 is 0 Å². The van der Waals surface area contributed by atoms with Crippen LogP contribution in [0.2, 0.25) is 0 Å². The highest BCUT2D eigenvalue weighted by Gasteiger charge is 2.18. The SMILES string of the molecule is COCCN(CCCCC(C)(O)CN)C(C)COC. The molecule has 0 bridgehead atoms. The van der Waals surface area contributed by atoms with E-state index in [-0.39, 0.29) is 0 Å². The minimum Gasteiger partial charge on any atom is -0.389 e. The molecule has 0 heterocycles. The molecule has 2 atom stereocenters. The molecule has 0 spiro atoms. The largest absolute Gasteiger partial charge is 0.389 e. The molecule has 0 aliphatic rings. The molecule has 0 aromatic heterocycles. The second-order valence-electron chi connectivity index (χ2n) is 5.49. The summed E-state index contributed by atoms with van der Waals surface area (Å²) >= 11 is 0. The maximum absolute atomic E-state index is 9.84. The Morgan fingerprint density at radius 2 is 1.89 bits per heavy atom. The van der Waals surface area contributed by atoms with Gasteiger partial charge < -0.3 is 20.3 Å². The standard InChI is InChI=1S/C14H32N2O3/c1-13(11-19-4)16(9-10-18-3)8-6-5-7-14(2,17)12-15/h13,17H,5-12,15H2,1-4H3. The van der Waals surface area contributed by atoms with Gasteiger partial charge in [-0.05, 0) is 39.7 Å². The summed E-state index contributed by atoms with van der Waals surface area (Å²) in [7, 11) is 3.45. The van der Waals surface area contributed by atoms with Gasteiger partial charge in [0.2, 0.25) is 0 Å². The van der Waals surface area contributed by atoms with Gasteiger partial charge in [0.1, 0.15) is 0 Å². The van der Waals surface area contributed by atoms with Crippen LogP contribution in [0.4, 0.5) is 0 Å². The summed E-state index contributed by atoms with van der Waals surface area (Å²) in [6, 6.07) is 0.384. The molecule has 0 saturated carbocycles. The van der Waals surface area contributed by atoms with Gasteiger partial charge in [-0.2, -0.15) is 0 Å². The molecule has 0 rings (SSSR count). The van der Waals surface area contributed by atoms with Gasteiger partial charge in [-0.15, -0.1) is 0 Å². The fourth-order valence-corrected chi connectivity index (χ4v) is 2.03. The molecule has 0 aromatic rings. The molecule has 5 nitrogen and oxygen atoms in total. The first kappa shape index (κ1) is 18.8. The Balaban J connectivity index is 3.97. The monoisotopic (exact) mass is 276 g/mol. The Morgan fingerprint density at radius 1 is 1.21 bits per heavy atom. The Morgan fingerprint density at radius 3 is 2.42 bits per heavy atom. The van der Waals surface area contributed by atoms with Crippen molar-refractivity contribution in [3.8, 4) is 0 Å². The molecule has 0 radical (unpaired) electrons. The smallest absolute Gasteiger partial charge is 0.0741 e. The predicted octanol–water partition coefficient (Wildman–Crippen LogP) is 0.850. The van der Waals surface area contributed by atoms with Crippen molar-refractivity contribution >= 4 is 0 Å². The second kappa shape index (κ2) is 10.6. The summed E-state index contributed by atoms with van der Waals surface area (Å²) in [6.07, 6.45) is 2.78.